The van der Waals surface area contributed by atoms with E-state index in [4.69, 9.17) is 14.2 Å². The molecule has 4 heteroatoms. The molecule has 4 nitrogen and oxygen atoms in total. The van der Waals surface area contributed by atoms with Gasteiger partial charge in [-0.05, 0) is 59.3 Å². The van der Waals surface area contributed by atoms with Crippen LogP contribution in [0.15, 0.2) is 0 Å². The maximum Gasteiger partial charge on any atom is 0.0823 e. The zero-order valence-corrected chi connectivity index (χ0v) is 14.3. The molecule has 0 saturated carbocycles. The molecule has 0 spiro atoms. The summed E-state index contributed by atoms with van der Waals surface area (Å²) in [5.74, 6) is 0. The van der Waals surface area contributed by atoms with Crippen molar-refractivity contribution < 1.29 is 14.2 Å². The Labute approximate surface area is 130 Å². The molecule has 1 heterocycles. The molecular formula is C17H35NO3. The van der Waals surface area contributed by atoms with E-state index in [1.807, 2.05) is 0 Å². The first-order valence-corrected chi connectivity index (χ1v) is 8.62. The van der Waals surface area contributed by atoms with Gasteiger partial charge in [0, 0.05) is 39.5 Å². The summed E-state index contributed by atoms with van der Waals surface area (Å²) in [4.78, 5) is 0. The van der Waals surface area contributed by atoms with Crippen LogP contribution in [0.5, 0.6) is 0 Å². The monoisotopic (exact) mass is 301 g/mol. The lowest BCUT2D eigenvalue weighted by atomic mass is 10.2. The van der Waals surface area contributed by atoms with Crippen LogP contribution in [0.1, 0.15) is 59.3 Å². The van der Waals surface area contributed by atoms with E-state index in [2.05, 4.69) is 26.1 Å². The smallest absolute Gasteiger partial charge is 0.0823 e. The van der Waals surface area contributed by atoms with E-state index in [1.54, 1.807) is 0 Å². The predicted molar refractivity (Wildman–Crippen MR) is 86.8 cm³/mol. The highest BCUT2D eigenvalue weighted by Crippen LogP contribution is 2.08. The first kappa shape index (κ1) is 18.9. The van der Waals surface area contributed by atoms with Gasteiger partial charge in [0.05, 0.1) is 11.7 Å². The normalized spacial score (nSPS) is 16.1. The highest BCUT2D eigenvalue weighted by atomic mass is 16.5. The van der Waals surface area contributed by atoms with Crippen molar-refractivity contribution in [2.75, 3.05) is 39.5 Å². The maximum atomic E-state index is 5.68. The molecule has 0 aromatic heterocycles. The van der Waals surface area contributed by atoms with Crippen LogP contribution in [0.2, 0.25) is 0 Å². The Morgan fingerprint density at radius 1 is 0.810 bits per heavy atom. The molecule has 1 aliphatic heterocycles. The molecule has 0 atom stereocenters. The summed E-state index contributed by atoms with van der Waals surface area (Å²) in [5.41, 5.74) is -0.00460. The van der Waals surface area contributed by atoms with Gasteiger partial charge in [-0.25, -0.2) is 0 Å². The maximum absolute atomic E-state index is 5.68. The van der Waals surface area contributed by atoms with Crippen LogP contribution in [-0.2, 0) is 14.2 Å². The van der Waals surface area contributed by atoms with Crippen LogP contribution in [-0.4, -0.2) is 51.2 Å². The lowest BCUT2D eigenvalue weighted by molar-refractivity contribution is -0.00537. The largest absolute Gasteiger partial charge is 0.381 e. The first-order valence-electron chi connectivity index (χ1n) is 8.62. The number of unbranched alkanes of at least 4 members (excludes halogenated alkanes) is 4. The second-order valence-corrected chi connectivity index (χ2v) is 6.85. The molecule has 0 unspecified atom stereocenters. The topological polar surface area (TPSA) is 39.7 Å². The third kappa shape index (κ3) is 12.1. The van der Waals surface area contributed by atoms with Crippen LogP contribution < -0.4 is 5.32 Å². The van der Waals surface area contributed by atoms with Gasteiger partial charge in [-0.2, -0.15) is 0 Å². The molecule has 21 heavy (non-hydrogen) atoms. The van der Waals surface area contributed by atoms with E-state index in [9.17, 15) is 0 Å². The number of hydrogen-bond donors (Lipinski definition) is 1. The van der Waals surface area contributed by atoms with Crippen molar-refractivity contribution in [1.29, 1.82) is 0 Å². The van der Waals surface area contributed by atoms with Crippen LogP contribution in [0.4, 0.5) is 0 Å². The lowest BCUT2D eigenvalue weighted by Gasteiger charge is -2.27. The molecule has 0 amide bonds. The Morgan fingerprint density at radius 2 is 1.38 bits per heavy atom. The fourth-order valence-electron chi connectivity index (χ4n) is 2.08. The summed E-state index contributed by atoms with van der Waals surface area (Å²) in [7, 11) is 0. The van der Waals surface area contributed by atoms with E-state index in [-0.39, 0.29) is 5.60 Å². The van der Waals surface area contributed by atoms with E-state index >= 15 is 0 Å². The van der Waals surface area contributed by atoms with Crippen LogP contribution in [0, 0.1) is 0 Å². The number of nitrogens with one attached hydrogen (secondary N) is 1. The van der Waals surface area contributed by atoms with Crippen molar-refractivity contribution in [3.05, 3.63) is 0 Å². The predicted octanol–water partition coefficient (Wildman–Crippen LogP) is 3.15. The minimum atomic E-state index is -0.00460. The first-order chi connectivity index (χ1) is 10.1. The van der Waals surface area contributed by atoms with Crippen LogP contribution in [0.3, 0.4) is 0 Å². The molecule has 126 valence electrons. The van der Waals surface area contributed by atoms with Gasteiger partial charge in [-0.1, -0.05) is 0 Å². The minimum absolute atomic E-state index is 0.00460. The van der Waals surface area contributed by atoms with Gasteiger partial charge in [0.15, 0.2) is 0 Å². The Bertz CT molecular complexity index is 237. The Kier molecular flexibility index (Phi) is 10.3. The van der Waals surface area contributed by atoms with Gasteiger partial charge >= 0.3 is 0 Å². The van der Waals surface area contributed by atoms with Crippen molar-refractivity contribution in [3.8, 4) is 0 Å². The standard InChI is InChI=1S/C17H35NO3/c1-17(2,3)21-13-9-5-7-11-19-10-6-4-8-12-20-16-14-18-15-16/h16,18H,4-15H2,1-3H3. The van der Waals surface area contributed by atoms with Gasteiger partial charge in [-0.3, -0.25) is 0 Å². The Balaban J connectivity index is 1.67. The molecule has 1 rings (SSSR count). The third-order valence-corrected chi connectivity index (χ3v) is 3.50. The van der Waals surface area contributed by atoms with Crippen molar-refractivity contribution in [1.82, 2.24) is 5.32 Å². The molecule has 0 aliphatic carbocycles. The van der Waals surface area contributed by atoms with Gasteiger partial charge in [0.1, 0.15) is 0 Å². The van der Waals surface area contributed by atoms with Crippen molar-refractivity contribution in [2.24, 2.45) is 0 Å². The second-order valence-electron chi connectivity index (χ2n) is 6.85. The molecule has 1 fully saturated rings. The number of hydrogen-bond acceptors (Lipinski definition) is 4. The fraction of sp³-hybridized carbons (Fsp3) is 1.00. The van der Waals surface area contributed by atoms with Crippen molar-refractivity contribution in [3.63, 3.8) is 0 Å². The third-order valence-electron chi connectivity index (χ3n) is 3.50. The fourth-order valence-corrected chi connectivity index (χ4v) is 2.08. The van der Waals surface area contributed by atoms with Gasteiger partial charge in [-0.15, -0.1) is 0 Å². The Hall–Kier alpha value is -0.160. The molecule has 1 saturated heterocycles. The van der Waals surface area contributed by atoms with Gasteiger partial charge < -0.3 is 19.5 Å². The second kappa shape index (κ2) is 11.4. The van der Waals surface area contributed by atoms with Crippen molar-refractivity contribution in [2.45, 2.75) is 71.0 Å². The average Bonchev–Trinajstić information content (AvgIpc) is 2.35. The van der Waals surface area contributed by atoms with Gasteiger partial charge in [0.2, 0.25) is 0 Å². The van der Waals surface area contributed by atoms with Crippen molar-refractivity contribution >= 4 is 0 Å². The highest BCUT2D eigenvalue weighted by Gasteiger charge is 2.15. The lowest BCUT2D eigenvalue weighted by Crippen LogP contribution is -2.48. The van der Waals surface area contributed by atoms with Crippen LogP contribution >= 0.6 is 0 Å². The summed E-state index contributed by atoms with van der Waals surface area (Å²) in [6, 6.07) is 0. The molecular weight excluding hydrogens is 266 g/mol. The summed E-state index contributed by atoms with van der Waals surface area (Å²) in [6.07, 6.45) is 7.46. The molecule has 0 bridgehead atoms. The van der Waals surface area contributed by atoms with E-state index < -0.39 is 0 Å². The quantitative estimate of drug-likeness (QED) is 0.531. The molecule has 0 radical (unpaired) electrons. The van der Waals surface area contributed by atoms with E-state index in [0.717, 1.165) is 65.2 Å². The average molecular weight is 301 g/mol. The number of rotatable bonds is 13. The summed E-state index contributed by atoms with van der Waals surface area (Å²) >= 11 is 0. The zero-order valence-electron chi connectivity index (χ0n) is 14.3. The molecule has 0 aromatic carbocycles. The molecule has 1 N–H and O–H groups in total. The molecule has 1 aliphatic rings. The summed E-state index contributed by atoms with van der Waals surface area (Å²) in [5, 5.41) is 3.21. The number of ether oxygens (including phenoxy) is 3. The molecule has 0 aromatic rings. The van der Waals surface area contributed by atoms with Gasteiger partial charge in [0.25, 0.3) is 0 Å². The zero-order chi connectivity index (χ0) is 15.4. The summed E-state index contributed by atoms with van der Waals surface area (Å²) in [6.45, 7) is 11.9. The minimum Gasteiger partial charge on any atom is -0.381 e. The van der Waals surface area contributed by atoms with E-state index in [1.165, 1.54) is 12.8 Å². The SMILES string of the molecule is CC(C)(C)OCCCCCOCCCCCOC1CNC1. The van der Waals surface area contributed by atoms with E-state index in [0.29, 0.717) is 6.10 Å². The van der Waals surface area contributed by atoms with Crippen LogP contribution in [0.25, 0.3) is 0 Å². The Morgan fingerprint density at radius 3 is 1.90 bits per heavy atom. The summed E-state index contributed by atoms with van der Waals surface area (Å²) < 4.78 is 17.0. The highest BCUT2D eigenvalue weighted by molar-refractivity contribution is 4.74.